The van der Waals surface area contributed by atoms with Crippen LogP contribution in [0.25, 0.3) is 10.2 Å². The SMILES string of the molecule is CNC(=O)C(NC(=O)CN(C)Cc1nc2ccccc2s1)c1ccccc1. The van der Waals surface area contributed by atoms with Crippen LogP contribution in [0.5, 0.6) is 0 Å². The van der Waals surface area contributed by atoms with Crippen molar-refractivity contribution in [3.63, 3.8) is 0 Å². The predicted molar refractivity (Wildman–Crippen MR) is 107 cm³/mol. The summed E-state index contributed by atoms with van der Waals surface area (Å²) in [5.74, 6) is -0.459. The summed E-state index contributed by atoms with van der Waals surface area (Å²) in [5.41, 5.74) is 1.72. The van der Waals surface area contributed by atoms with Crippen LogP contribution in [-0.2, 0) is 16.1 Å². The molecule has 0 spiro atoms. The quantitative estimate of drug-likeness (QED) is 0.658. The molecule has 7 heteroatoms. The lowest BCUT2D eigenvalue weighted by Crippen LogP contribution is -2.42. The van der Waals surface area contributed by atoms with Gasteiger partial charge in [0.05, 0.1) is 23.3 Å². The second-order valence-electron chi connectivity index (χ2n) is 6.27. The summed E-state index contributed by atoms with van der Waals surface area (Å²) in [6, 6.07) is 16.5. The first kappa shape index (κ1) is 19.0. The topological polar surface area (TPSA) is 74.3 Å². The van der Waals surface area contributed by atoms with Crippen molar-refractivity contribution < 1.29 is 9.59 Å². The molecule has 0 saturated heterocycles. The summed E-state index contributed by atoms with van der Waals surface area (Å²) in [5, 5.41) is 6.37. The number of fused-ring (bicyclic) bond motifs is 1. The fourth-order valence-corrected chi connectivity index (χ4v) is 3.86. The number of carbonyl (C=O) groups excluding carboxylic acids is 2. The normalized spacial score (nSPS) is 12.1. The van der Waals surface area contributed by atoms with Gasteiger partial charge in [0, 0.05) is 7.05 Å². The van der Waals surface area contributed by atoms with E-state index in [0.717, 1.165) is 20.8 Å². The van der Waals surface area contributed by atoms with Gasteiger partial charge in [-0.2, -0.15) is 0 Å². The Bertz CT molecular complexity index is 893. The zero-order valence-electron chi connectivity index (χ0n) is 15.3. The maximum atomic E-state index is 12.5. The molecule has 0 bridgehead atoms. The fraction of sp³-hybridized carbons (Fsp3) is 0.250. The molecular formula is C20H22N4O2S. The summed E-state index contributed by atoms with van der Waals surface area (Å²) in [7, 11) is 3.42. The Kier molecular flexibility index (Phi) is 6.16. The third-order valence-electron chi connectivity index (χ3n) is 4.10. The van der Waals surface area contributed by atoms with Gasteiger partial charge in [0.15, 0.2) is 0 Å². The van der Waals surface area contributed by atoms with Crippen LogP contribution in [0.4, 0.5) is 0 Å². The lowest BCUT2D eigenvalue weighted by molar-refractivity contribution is -0.129. The Labute approximate surface area is 162 Å². The van der Waals surface area contributed by atoms with E-state index in [-0.39, 0.29) is 18.4 Å². The molecule has 0 fully saturated rings. The minimum Gasteiger partial charge on any atom is -0.357 e. The molecule has 1 heterocycles. The van der Waals surface area contributed by atoms with Crippen LogP contribution in [0.3, 0.4) is 0 Å². The Hall–Kier alpha value is -2.77. The van der Waals surface area contributed by atoms with Crippen LogP contribution in [0.15, 0.2) is 54.6 Å². The summed E-state index contributed by atoms with van der Waals surface area (Å²) in [6.07, 6.45) is 0. The average Bonchev–Trinajstić information content (AvgIpc) is 3.08. The molecular weight excluding hydrogens is 360 g/mol. The van der Waals surface area contributed by atoms with Crippen LogP contribution >= 0.6 is 11.3 Å². The van der Waals surface area contributed by atoms with E-state index in [2.05, 4.69) is 15.6 Å². The second-order valence-corrected chi connectivity index (χ2v) is 7.39. The van der Waals surface area contributed by atoms with Gasteiger partial charge in [-0.3, -0.25) is 14.5 Å². The molecule has 140 valence electrons. The molecule has 2 aromatic carbocycles. The summed E-state index contributed by atoms with van der Waals surface area (Å²) in [4.78, 5) is 31.1. The third kappa shape index (κ3) is 4.90. The van der Waals surface area contributed by atoms with Gasteiger partial charge in [-0.05, 0) is 24.7 Å². The van der Waals surface area contributed by atoms with E-state index in [1.165, 1.54) is 0 Å². The zero-order valence-corrected chi connectivity index (χ0v) is 16.1. The van der Waals surface area contributed by atoms with Crippen molar-refractivity contribution in [3.05, 3.63) is 65.2 Å². The van der Waals surface area contributed by atoms with Gasteiger partial charge in [-0.1, -0.05) is 42.5 Å². The molecule has 3 aromatic rings. The molecule has 2 amide bonds. The van der Waals surface area contributed by atoms with Crippen molar-refractivity contribution in [1.82, 2.24) is 20.5 Å². The number of likely N-dealkylation sites (N-methyl/N-ethyl adjacent to an activating group) is 2. The van der Waals surface area contributed by atoms with Gasteiger partial charge < -0.3 is 10.6 Å². The first-order valence-electron chi connectivity index (χ1n) is 8.65. The largest absolute Gasteiger partial charge is 0.357 e. The highest BCUT2D eigenvalue weighted by molar-refractivity contribution is 7.18. The number of aromatic nitrogens is 1. The molecule has 1 aromatic heterocycles. The third-order valence-corrected chi connectivity index (χ3v) is 5.12. The van der Waals surface area contributed by atoms with Gasteiger partial charge in [0.1, 0.15) is 11.0 Å². The van der Waals surface area contributed by atoms with Crippen LogP contribution in [-0.4, -0.2) is 42.3 Å². The summed E-state index contributed by atoms with van der Waals surface area (Å²) in [6.45, 7) is 0.749. The van der Waals surface area contributed by atoms with Gasteiger partial charge >= 0.3 is 0 Å². The van der Waals surface area contributed by atoms with Crippen molar-refractivity contribution in [1.29, 1.82) is 0 Å². The number of nitrogens with one attached hydrogen (secondary N) is 2. The average molecular weight is 382 g/mol. The van der Waals surface area contributed by atoms with E-state index in [1.807, 2.05) is 66.5 Å². The standard InChI is InChI=1S/C20H22N4O2S/c1-21-20(26)19(14-8-4-3-5-9-14)23-17(25)12-24(2)13-18-22-15-10-6-7-11-16(15)27-18/h3-11,19H,12-13H2,1-2H3,(H,21,26)(H,23,25). The highest BCUT2D eigenvalue weighted by Crippen LogP contribution is 2.22. The number of benzene rings is 2. The van der Waals surface area contributed by atoms with Crippen LogP contribution in [0.1, 0.15) is 16.6 Å². The van der Waals surface area contributed by atoms with E-state index in [9.17, 15) is 9.59 Å². The number of para-hydroxylation sites is 1. The molecule has 1 atom stereocenters. The van der Waals surface area contributed by atoms with Crippen LogP contribution < -0.4 is 10.6 Å². The number of nitrogens with zero attached hydrogens (tertiary/aromatic N) is 2. The molecule has 1 unspecified atom stereocenters. The minimum atomic E-state index is -0.709. The Morgan fingerprint density at radius 3 is 2.52 bits per heavy atom. The Morgan fingerprint density at radius 1 is 1.11 bits per heavy atom. The van der Waals surface area contributed by atoms with E-state index >= 15 is 0 Å². The lowest BCUT2D eigenvalue weighted by atomic mass is 10.1. The number of amides is 2. The highest BCUT2D eigenvalue weighted by atomic mass is 32.1. The van der Waals surface area contributed by atoms with E-state index < -0.39 is 6.04 Å². The van der Waals surface area contributed by atoms with E-state index in [0.29, 0.717) is 6.54 Å². The molecule has 0 aliphatic heterocycles. The van der Waals surface area contributed by atoms with Gasteiger partial charge in [-0.15, -0.1) is 11.3 Å². The highest BCUT2D eigenvalue weighted by Gasteiger charge is 2.22. The molecule has 6 nitrogen and oxygen atoms in total. The number of rotatable bonds is 7. The Balaban J connectivity index is 1.61. The maximum Gasteiger partial charge on any atom is 0.246 e. The van der Waals surface area contributed by atoms with E-state index in [4.69, 9.17) is 0 Å². The van der Waals surface area contributed by atoms with Gasteiger partial charge in [0.25, 0.3) is 0 Å². The molecule has 0 radical (unpaired) electrons. The van der Waals surface area contributed by atoms with Gasteiger partial charge in [0.2, 0.25) is 11.8 Å². The second kappa shape index (κ2) is 8.75. The molecule has 3 rings (SSSR count). The van der Waals surface area contributed by atoms with Crippen LogP contribution in [0, 0.1) is 0 Å². The predicted octanol–water partition coefficient (Wildman–Crippen LogP) is 2.33. The van der Waals surface area contributed by atoms with Crippen molar-refractivity contribution in [2.24, 2.45) is 0 Å². The maximum absolute atomic E-state index is 12.5. The molecule has 0 aliphatic rings. The van der Waals surface area contributed by atoms with Crippen molar-refractivity contribution in [2.75, 3.05) is 20.6 Å². The minimum absolute atomic E-state index is 0.177. The van der Waals surface area contributed by atoms with Crippen molar-refractivity contribution in [3.8, 4) is 0 Å². The smallest absolute Gasteiger partial charge is 0.246 e. The first-order valence-corrected chi connectivity index (χ1v) is 9.47. The molecule has 0 aliphatic carbocycles. The monoisotopic (exact) mass is 382 g/mol. The number of carbonyl (C=O) groups is 2. The number of hydrogen-bond acceptors (Lipinski definition) is 5. The number of hydrogen-bond donors (Lipinski definition) is 2. The molecule has 27 heavy (non-hydrogen) atoms. The van der Waals surface area contributed by atoms with E-state index in [1.54, 1.807) is 18.4 Å². The Morgan fingerprint density at radius 2 is 1.81 bits per heavy atom. The van der Waals surface area contributed by atoms with Crippen molar-refractivity contribution in [2.45, 2.75) is 12.6 Å². The summed E-state index contributed by atoms with van der Waals surface area (Å²) >= 11 is 1.62. The van der Waals surface area contributed by atoms with Crippen LogP contribution in [0.2, 0.25) is 0 Å². The zero-order chi connectivity index (χ0) is 19.2. The summed E-state index contributed by atoms with van der Waals surface area (Å²) < 4.78 is 1.13. The van der Waals surface area contributed by atoms with Crippen molar-refractivity contribution >= 4 is 33.4 Å². The molecule has 2 N–H and O–H groups in total. The molecule has 0 saturated carbocycles. The lowest BCUT2D eigenvalue weighted by Gasteiger charge is -2.20. The van der Waals surface area contributed by atoms with Gasteiger partial charge in [-0.25, -0.2) is 4.98 Å². The first-order chi connectivity index (χ1) is 13.1. The fourth-order valence-electron chi connectivity index (χ4n) is 2.82. The number of thiazole rings is 1.